The molecule has 0 spiro atoms. The molecule has 1 amide bonds. The van der Waals surface area contributed by atoms with E-state index >= 15 is 0 Å². The Morgan fingerprint density at radius 3 is 2.62 bits per heavy atom. The molecule has 108 valence electrons. The normalized spacial score (nSPS) is 10.2. The zero-order valence-corrected chi connectivity index (χ0v) is 13.6. The van der Waals surface area contributed by atoms with Crippen LogP contribution in [-0.2, 0) is 0 Å². The van der Waals surface area contributed by atoms with E-state index in [9.17, 15) is 9.90 Å². The maximum Gasteiger partial charge on any atom is 0.259 e. The number of thiocarbonyl (C=S) groups is 1. The highest BCUT2D eigenvalue weighted by Gasteiger charge is 2.14. The predicted molar refractivity (Wildman–Crippen MR) is 90.8 cm³/mol. The standard InChI is InChI=1S/C15H13BrN2O2S/c1-8-2-5-13(19)11(6-8)15(20)18-12-7-9(16)3-4-10(12)14(17)21/h2-7,19H,1H3,(H2,17,21)(H,18,20). The third kappa shape index (κ3) is 3.59. The first-order chi connectivity index (χ1) is 9.88. The fourth-order valence-electron chi connectivity index (χ4n) is 1.86. The summed E-state index contributed by atoms with van der Waals surface area (Å²) in [5.74, 6) is -0.503. The fraction of sp³-hybridized carbons (Fsp3) is 0.0667. The summed E-state index contributed by atoms with van der Waals surface area (Å²) in [7, 11) is 0. The van der Waals surface area contributed by atoms with Gasteiger partial charge in [0, 0.05) is 10.0 Å². The number of phenols is 1. The maximum atomic E-state index is 12.3. The quantitative estimate of drug-likeness (QED) is 0.730. The van der Waals surface area contributed by atoms with Crippen LogP contribution in [0.3, 0.4) is 0 Å². The Bertz CT molecular complexity index is 732. The van der Waals surface area contributed by atoms with Crippen LogP contribution in [0.25, 0.3) is 0 Å². The first-order valence-corrected chi connectivity index (χ1v) is 7.29. The van der Waals surface area contributed by atoms with Gasteiger partial charge < -0.3 is 16.2 Å². The van der Waals surface area contributed by atoms with Gasteiger partial charge in [-0.3, -0.25) is 4.79 Å². The van der Waals surface area contributed by atoms with E-state index in [2.05, 4.69) is 21.2 Å². The highest BCUT2D eigenvalue weighted by atomic mass is 79.9. The number of carbonyl (C=O) groups excluding carboxylic acids is 1. The van der Waals surface area contributed by atoms with Gasteiger partial charge in [-0.1, -0.05) is 39.8 Å². The highest BCUT2D eigenvalue weighted by molar-refractivity contribution is 9.10. The first kappa shape index (κ1) is 15.5. The van der Waals surface area contributed by atoms with E-state index in [0.29, 0.717) is 11.3 Å². The van der Waals surface area contributed by atoms with Crippen LogP contribution in [0, 0.1) is 6.92 Å². The summed E-state index contributed by atoms with van der Waals surface area (Å²) in [6, 6.07) is 10.0. The molecule has 0 fully saturated rings. The van der Waals surface area contributed by atoms with Gasteiger partial charge >= 0.3 is 0 Å². The van der Waals surface area contributed by atoms with Crippen molar-refractivity contribution in [1.29, 1.82) is 0 Å². The van der Waals surface area contributed by atoms with Crippen molar-refractivity contribution < 1.29 is 9.90 Å². The summed E-state index contributed by atoms with van der Waals surface area (Å²) in [5.41, 5.74) is 7.78. The number of anilines is 1. The summed E-state index contributed by atoms with van der Waals surface area (Å²) >= 11 is 8.30. The summed E-state index contributed by atoms with van der Waals surface area (Å²) < 4.78 is 0.784. The molecule has 0 aliphatic rings. The number of hydrogen-bond acceptors (Lipinski definition) is 3. The highest BCUT2D eigenvalue weighted by Crippen LogP contribution is 2.24. The molecule has 2 aromatic rings. The van der Waals surface area contributed by atoms with Crippen LogP contribution in [0.5, 0.6) is 5.75 Å². The minimum Gasteiger partial charge on any atom is -0.507 e. The molecule has 0 aliphatic heterocycles. The number of aromatic hydroxyl groups is 1. The van der Waals surface area contributed by atoms with Crippen molar-refractivity contribution in [3.8, 4) is 5.75 Å². The number of carbonyl (C=O) groups is 1. The predicted octanol–water partition coefficient (Wildman–Crippen LogP) is 3.35. The lowest BCUT2D eigenvalue weighted by Crippen LogP contribution is -2.17. The lowest BCUT2D eigenvalue weighted by atomic mass is 10.1. The molecule has 0 heterocycles. The van der Waals surface area contributed by atoms with Crippen molar-refractivity contribution >= 4 is 44.7 Å². The summed E-state index contributed by atoms with van der Waals surface area (Å²) in [4.78, 5) is 12.5. The summed E-state index contributed by atoms with van der Waals surface area (Å²) in [5, 5.41) is 12.5. The molecule has 0 atom stereocenters. The summed E-state index contributed by atoms with van der Waals surface area (Å²) in [6.45, 7) is 1.84. The number of rotatable bonds is 3. The number of hydrogen-bond donors (Lipinski definition) is 3. The number of benzene rings is 2. The van der Waals surface area contributed by atoms with E-state index in [1.54, 1.807) is 30.3 Å². The van der Waals surface area contributed by atoms with Crippen molar-refractivity contribution in [3.05, 3.63) is 57.6 Å². The van der Waals surface area contributed by atoms with Crippen molar-refractivity contribution in [1.82, 2.24) is 0 Å². The van der Waals surface area contributed by atoms with E-state index in [4.69, 9.17) is 18.0 Å². The minimum atomic E-state index is -0.424. The molecular weight excluding hydrogens is 352 g/mol. The van der Waals surface area contributed by atoms with Crippen molar-refractivity contribution in [2.24, 2.45) is 5.73 Å². The van der Waals surface area contributed by atoms with E-state index < -0.39 is 5.91 Å². The fourth-order valence-corrected chi connectivity index (χ4v) is 2.40. The van der Waals surface area contributed by atoms with Gasteiger partial charge in [0.25, 0.3) is 5.91 Å². The Balaban J connectivity index is 2.38. The van der Waals surface area contributed by atoms with Gasteiger partial charge in [0.2, 0.25) is 0 Å². The molecule has 0 radical (unpaired) electrons. The molecule has 0 saturated carbocycles. The Hall–Kier alpha value is -1.92. The monoisotopic (exact) mass is 364 g/mol. The van der Waals surface area contributed by atoms with Gasteiger partial charge in [0.1, 0.15) is 10.7 Å². The Labute approximate surface area is 136 Å². The van der Waals surface area contributed by atoms with Crippen molar-refractivity contribution in [2.45, 2.75) is 6.92 Å². The average molecular weight is 365 g/mol. The number of amides is 1. The lowest BCUT2D eigenvalue weighted by molar-refractivity contribution is 0.102. The van der Waals surface area contributed by atoms with Crippen LogP contribution in [0.2, 0.25) is 0 Å². The molecule has 0 bridgehead atoms. The van der Waals surface area contributed by atoms with Crippen LogP contribution in [0.1, 0.15) is 21.5 Å². The third-order valence-electron chi connectivity index (χ3n) is 2.89. The second kappa shape index (κ2) is 6.24. The Morgan fingerprint density at radius 2 is 1.95 bits per heavy atom. The average Bonchev–Trinajstić information content (AvgIpc) is 2.41. The van der Waals surface area contributed by atoms with Crippen LogP contribution in [-0.4, -0.2) is 16.0 Å². The van der Waals surface area contributed by atoms with Gasteiger partial charge in [0.05, 0.1) is 11.3 Å². The number of aryl methyl sites for hydroxylation is 1. The molecule has 6 heteroatoms. The second-order valence-corrected chi connectivity index (χ2v) is 5.88. The first-order valence-electron chi connectivity index (χ1n) is 6.09. The minimum absolute atomic E-state index is 0.0787. The smallest absolute Gasteiger partial charge is 0.259 e. The maximum absolute atomic E-state index is 12.3. The largest absolute Gasteiger partial charge is 0.507 e. The van der Waals surface area contributed by atoms with E-state index in [1.807, 2.05) is 6.92 Å². The van der Waals surface area contributed by atoms with Gasteiger partial charge in [-0.05, 0) is 37.3 Å². The Morgan fingerprint density at radius 1 is 1.24 bits per heavy atom. The van der Waals surface area contributed by atoms with Crippen LogP contribution >= 0.6 is 28.1 Å². The SMILES string of the molecule is Cc1ccc(O)c(C(=O)Nc2cc(Br)ccc2C(N)=S)c1. The topological polar surface area (TPSA) is 75.3 Å². The van der Waals surface area contributed by atoms with Gasteiger partial charge in [0.15, 0.2) is 0 Å². The lowest BCUT2D eigenvalue weighted by Gasteiger charge is -2.12. The Kier molecular flexibility index (Phi) is 4.59. The number of halogens is 1. The molecule has 2 rings (SSSR count). The van der Waals surface area contributed by atoms with Gasteiger partial charge in [-0.15, -0.1) is 0 Å². The van der Waals surface area contributed by atoms with Crippen molar-refractivity contribution in [2.75, 3.05) is 5.32 Å². The number of nitrogens with two attached hydrogens (primary N) is 1. The van der Waals surface area contributed by atoms with Gasteiger partial charge in [-0.25, -0.2) is 0 Å². The molecular formula is C15H13BrN2O2S. The molecule has 4 nitrogen and oxygen atoms in total. The second-order valence-electron chi connectivity index (χ2n) is 4.53. The molecule has 4 N–H and O–H groups in total. The number of phenolic OH excluding ortho intramolecular Hbond substituents is 1. The van der Waals surface area contributed by atoms with Crippen LogP contribution in [0.15, 0.2) is 40.9 Å². The third-order valence-corrected chi connectivity index (χ3v) is 3.61. The summed E-state index contributed by atoms with van der Waals surface area (Å²) in [6.07, 6.45) is 0. The molecule has 0 aromatic heterocycles. The van der Waals surface area contributed by atoms with E-state index in [1.165, 1.54) is 6.07 Å². The zero-order valence-electron chi connectivity index (χ0n) is 11.2. The van der Waals surface area contributed by atoms with Crippen molar-refractivity contribution in [3.63, 3.8) is 0 Å². The molecule has 2 aromatic carbocycles. The van der Waals surface area contributed by atoms with E-state index in [-0.39, 0.29) is 16.3 Å². The molecule has 0 unspecified atom stereocenters. The van der Waals surface area contributed by atoms with Crippen LogP contribution < -0.4 is 11.1 Å². The van der Waals surface area contributed by atoms with Crippen LogP contribution in [0.4, 0.5) is 5.69 Å². The molecule has 21 heavy (non-hydrogen) atoms. The molecule has 0 saturated heterocycles. The van der Waals surface area contributed by atoms with Gasteiger partial charge in [-0.2, -0.15) is 0 Å². The van der Waals surface area contributed by atoms with E-state index in [0.717, 1.165) is 10.0 Å². The zero-order chi connectivity index (χ0) is 15.6. The number of nitrogens with one attached hydrogen (secondary N) is 1. The molecule has 0 aliphatic carbocycles.